The van der Waals surface area contributed by atoms with Crippen LogP contribution in [0.1, 0.15) is 22.8 Å². The highest BCUT2D eigenvalue weighted by Gasteiger charge is 2.17. The Labute approximate surface area is 228 Å². The molecule has 0 radical (unpaired) electrons. The Kier molecular flexibility index (Phi) is 8.60. The van der Waals surface area contributed by atoms with Gasteiger partial charge in [0.05, 0.1) is 26.0 Å². The van der Waals surface area contributed by atoms with Gasteiger partial charge >= 0.3 is 5.97 Å². The van der Waals surface area contributed by atoms with E-state index >= 15 is 0 Å². The van der Waals surface area contributed by atoms with E-state index in [-0.39, 0.29) is 11.3 Å². The molecule has 0 saturated carbocycles. The summed E-state index contributed by atoms with van der Waals surface area (Å²) < 4.78 is 22.8. The lowest BCUT2D eigenvalue weighted by molar-refractivity contribution is -0.127. The van der Waals surface area contributed by atoms with Gasteiger partial charge in [-0.05, 0) is 66.2 Å². The number of ether oxygens (including phenoxy) is 4. The number of rotatable bonds is 9. The summed E-state index contributed by atoms with van der Waals surface area (Å²) in [7, 11) is 3.01. The minimum atomic E-state index is -0.789. The maximum Gasteiger partial charge on any atom is 0.343 e. The van der Waals surface area contributed by atoms with E-state index in [1.807, 2.05) is 42.5 Å². The minimum absolute atomic E-state index is 0.278. The maximum absolute atomic E-state index is 13.0. The maximum atomic E-state index is 13.0. The first-order valence-corrected chi connectivity index (χ1v) is 12.4. The number of methoxy groups -OCH3 is 2. The van der Waals surface area contributed by atoms with Crippen LogP contribution >= 0.6 is 15.9 Å². The van der Waals surface area contributed by atoms with Crippen LogP contribution in [0.4, 0.5) is 0 Å². The number of carbonyl (C=O) groups is 2. The van der Waals surface area contributed by atoms with E-state index < -0.39 is 18.0 Å². The van der Waals surface area contributed by atoms with Gasteiger partial charge in [0, 0.05) is 10.0 Å². The zero-order valence-electron chi connectivity index (χ0n) is 20.9. The lowest BCUT2D eigenvalue weighted by Gasteiger charge is -2.13. The van der Waals surface area contributed by atoms with E-state index in [0.717, 1.165) is 15.2 Å². The Balaban J connectivity index is 1.54. The Morgan fingerprint density at radius 1 is 0.895 bits per heavy atom. The van der Waals surface area contributed by atoms with Crippen LogP contribution in [0.2, 0.25) is 0 Å². The topological polar surface area (TPSA) is 95.5 Å². The van der Waals surface area contributed by atoms with Gasteiger partial charge in [0.2, 0.25) is 0 Å². The molecule has 0 aromatic heterocycles. The molecule has 194 valence electrons. The van der Waals surface area contributed by atoms with Crippen LogP contribution in [0.3, 0.4) is 0 Å². The van der Waals surface area contributed by atoms with E-state index in [4.69, 9.17) is 18.9 Å². The van der Waals surface area contributed by atoms with E-state index in [1.165, 1.54) is 20.4 Å². The van der Waals surface area contributed by atoms with Gasteiger partial charge in [-0.3, -0.25) is 4.79 Å². The second kappa shape index (κ2) is 12.2. The monoisotopic (exact) mass is 576 g/mol. The normalized spacial score (nSPS) is 11.7. The second-order valence-electron chi connectivity index (χ2n) is 8.11. The molecule has 4 rings (SSSR count). The number of nitrogens with one attached hydrogen (secondary N) is 1. The molecule has 1 amide bonds. The standard InChI is InChI=1S/C29H25BrN2O6/c1-18(37-22-12-10-21(30)11-13-22)28(33)32-31-17-24-23-7-5-4-6-19(23)8-14-25(24)38-29(34)20-9-15-26(35-2)27(16-20)36-3/h4-18H,1-3H3,(H,32,33)/b31-17-/t18-/m1/s1. The fourth-order valence-electron chi connectivity index (χ4n) is 3.64. The third-order valence-electron chi connectivity index (χ3n) is 5.62. The molecule has 0 fully saturated rings. The molecule has 0 aliphatic carbocycles. The van der Waals surface area contributed by atoms with E-state index in [9.17, 15) is 9.59 Å². The van der Waals surface area contributed by atoms with Crippen molar-refractivity contribution in [2.45, 2.75) is 13.0 Å². The molecule has 9 heteroatoms. The van der Waals surface area contributed by atoms with E-state index in [0.29, 0.717) is 22.8 Å². The molecular weight excluding hydrogens is 552 g/mol. The Morgan fingerprint density at radius 3 is 2.34 bits per heavy atom. The molecule has 1 atom stereocenters. The summed E-state index contributed by atoms with van der Waals surface area (Å²) >= 11 is 3.36. The third kappa shape index (κ3) is 6.30. The Morgan fingerprint density at radius 2 is 1.61 bits per heavy atom. The molecule has 0 spiro atoms. The fourth-order valence-corrected chi connectivity index (χ4v) is 3.91. The van der Waals surface area contributed by atoms with Crippen LogP contribution < -0.4 is 24.4 Å². The van der Waals surface area contributed by atoms with Gasteiger partial charge in [-0.1, -0.05) is 46.3 Å². The van der Waals surface area contributed by atoms with Crippen molar-refractivity contribution in [1.29, 1.82) is 0 Å². The van der Waals surface area contributed by atoms with Crippen molar-refractivity contribution in [3.8, 4) is 23.0 Å². The smallest absolute Gasteiger partial charge is 0.343 e. The third-order valence-corrected chi connectivity index (χ3v) is 6.15. The first-order chi connectivity index (χ1) is 18.4. The van der Waals surface area contributed by atoms with Crippen LogP contribution in [-0.2, 0) is 4.79 Å². The number of hydrazone groups is 1. The molecule has 0 bridgehead atoms. The quantitative estimate of drug-likeness (QED) is 0.118. The van der Waals surface area contributed by atoms with Crippen molar-refractivity contribution in [2.75, 3.05) is 14.2 Å². The van der Waals surface area contributed by atoms with Crippen molar-refractivity contribution in [3.05, 3.63) is 94.5 Å². The summed E-state index contributed by atoms with van der Waals surface area (Å²) in [5.41, 5.74) is 3.30. The lowest BCUT2D eigenvalue weighted by Crippen LogP contribution is -2.33. The van der Waals surface area contributed by atoms with Crippen molar-refractivity contribution < 1.29 is 28.5 Å². The Bertz CT molecular complexity index is 1490. The molecule has 0 unspecified atom stereocenters. The van der Waals surface area contributed by atoms with Gasteiger partial charge in [-0.15, -0.1) is 0 Å². The number of nitrogens with zero attached hydrogens (tertiary/aromatic N) is 1. The molecule has 4 aromatic carbocycles. The highest BCUT2D eigenvalue weighted by atomic mass is 79.9. The molecule has 0 saturated heterocycles. The average Bonchev–Trinajstić information content (AvgIpc) is 2.94. The van der Waals surface area contributed by atoms with E-state index in [1.54, 1.807) is 43.3 Å². The van der Waals surface area contributed by atoms with Crippen molar-refractivity contribution >= 4 is 44.8 Å². The largest absolute Gasteiger partial charge is 0.493 e. The molecule has 4 aromatic rings. The SMILES string of the molecule is COc1ccc(C(=O)Oc2ccc3ccccc3c2/C=N\NC(=O)[C@@H](C)Oc2ccc(Br)cc2)cc1OC. The van der Waals surface area contributed by atoms with Crippen molar-refractivity contribution in [1.82, 2.24) is 5.43 Å². The van der Waals surface area contributed by atoms with Gasteiger partial charge in [0.15, 0.2) is 17.6 Å². The molecule has 8 nitrogen and oxygen atoms in total. The molecule has 38 heavy (non-hydrogen) atoms. The summed E-state index contributed by atoms with van der Waals surface area (Å²) in [5.74, 6) is 0.713. The highest BCUT2D eigenvalue weighted by Crippen LogP contribution is 2.30. The molecule has 1 N–H and O–H groups in total. The number of hydrogen-bond acceptors (Lipinski definition) is 7. The van der Waals surface area contributed by atoms with Crippen molar-refractivity contribution in [3.63, 3.8) is 0 Å². The molecular formula is C29H25BrN2O6. The first kappa shape index (κ1) is 26.7. The van der Waals surface area contributed by atoms with Gasteiger partial charge < -0.3 is 18.9 Å². The van der Waals surface area contributed by atoms with Crippen LogP contribution in [0.5, 0.6) is 23.0 Å². The second-order valence-corrected chi connectivity index (χ2v) is 9.02. The summed E-state index contributed by atoms with van der Waals surface area (Å²) in [6.07, 6.45) is 0.660. The zero-order chi connectivity index (χ0) is 27.1. The Hall–Kier alpha value is -4.37. The number of hydrogen-bond donors (Lipinski definition) is 1. The molecule has 0 heterocycles. The van der Waals surface area contributed by atoms with Crippen molar-refractivity contribution in [2.24, 2.45) is 5.10 Å². The molecule has 0 aliphatic heterocycles. The average molecular weight is 577 g/mol. The minimum Gasteiger partial charge on any atom is -0.493 e. The lowest BCUT2D eigenvalue weighted by atomic mass is 10.0. The summed E-state index contributed by atoms with van der Waals surface area (Å²) in [4.78, 5) is 25.5. The number of fused-ring (bicyclic) bond motifs is 1. The number of halogens is 1. The van der Waals surface area contributed by atoms with Gasteiger partial charge in [0.1, 0.15) is 11.5 Å². The van der Waals surface area contributed by atoms with Gasteiger partial charge in [-0.2, -0.15) is 5.10 Å². The van der Waals surface area contributed by atoms with Gasteiger partial charge in [-0.25, -0.2) is 10.2 Å². The number of amides is 1. The summed E-state index contributed by atoms with van der Waals surface area (Å²) in [6.45, 7) is 1.63. The predicted molar refractivity (Wildman–Crippen MR) is 148 cm³/mol. The van der Waals surface area contributed by atoms with Crippen LogP contribution in [0.15, 0.2) is 88.4 Å². The van der Waals surface area contributed by atoms with Crippen LogP contribution in [0, 0.1) is 0 Å². The van der Waals surface area contributed by atoms with Gasteiger partial charge in [0.25, 0.3) is 5.91 Å². The summed E-state index contributed by atoms with van der Waals surface area (Å²) in [6, 6.07) is 23.0. The predicted octanol–water partition coefficient (Wildman–Crippen LogP) is 5.76. The number of benzene rings is 4. The highest BCUT2D eigenvalue weighted by molar-refractivity contribution is 9.10. The molecule has 0 aliphatic rings. The van der Waals surface area contributed by atoms with Crippen LogP contribution in [-0.4, -0.2) is 38.4 Å². The first-order valence-electron chi connectivity index (χ1n) is 11.6. The number of carbonyl (C=O) groups excluding carboxylic acids is 2. The van der Waals surface area contributed by atoms with E-state index in [2.05, 4.69) is 26.5 Å². The zero-order valence-corrected chi connectivity index (χ0v) is 22.5. The number of esters is 1. The fraction of sp³-hybridized carbons (Fsp3) is 0.138. The van der Waals surface area contributed by atoms with Crippen LogP contribution in [0.25, 0.3) is 10.8 Å². The summed E-state index contributed by atoms with van der Waals surface area (Å²) in [5, 5.41) is 5.83.